The van der Waals surface area contributed by atoms with Gasteiger partial charge in [0.25, 0.3) is 0 Å². The van der Waals surface area contributed by atoms with Gasteiger partial charge < -0.3 is 9.64 Å². The molecule has 0 radical (unpaired) electrons. The number of hydrogen-bond acceptors (Lipinski definition) is 4. The Hall–Kier alpha value is -2.69. The van der Waals surface area contributed by atoms with Gasteiger partial charge in [0, 0.05) is 42.9 Å². The molecule has 27 heavy (non-hydrogen) atoms. The van der Waals surface area contributed by atoms with E-state index in [0.717, 1.165) is 42.0 Å². The third-order valence-corrected chi connectivity index (χ3v) is 5.17. The molecule has 1 amide bonds. The predicted molar refractivity (Wildman–Crippen MR) is 104 cm³/mol. The van der Waals surface area contributed by atoms with Gasteiger partial charge in [0.05, 0.1) is 7.11 Å². The third kappa shape index (κ3) is 4.73. The highest BCUT2D eigenvalue weighted by Gasteiger charge is 2.29. The fourth-order valence-corrected chi connectivity index (χ4v) is 3.62. The van der Waals surface area contributed by atoms with Crippen molar-refractivity contribution in [2.45, 2.75) is 32.6 Å². The van der Waals surface area contributed by atoms with Crippen LogP contribution in [0.5, 0.6) is 5.75 Å². The number of methoxy groups -OCH3 is 1. The normalized spacial score (nSPS) is 16.8. The van der Waals surface area contributed by atoms with Crippen LogP contribution in [0.25, 0.3) is 0 Å². The number of hydrogen-bond donors (Lipinski definition) is 0. The molecule has 0 bridgehead atoms. The van der Waals surface area contributed by atoms with Crippen LogP contribution in [0.2, 0.25) is 0 Å². The van der Waals surface area contributed by atoms with Gasteiger partial charge in [-0.3, -0.25) is 14.6 Å². The number of aromatic nitrogens is 1. The standard InChI is InChI=1S/C22H26N2O3/c1-16-14-19(27-2)9-10-20(16)22(26)17-6-5-13-24(15-17)21(25)11-8-18-7-3-4-12-23-18/h3-4,7,9-10,12,14,17H,5-6,8,11,13,15H2,1-2H3/t17-/m0/s1. The quantitative estimate of drug-likeness (QED) is 0.735. The van der Waals surface area contributed by atoms with Gasteiger partial charge in [-0.1, -0.05) is 6.07 Å². The topological polar surface area (TPSA) is 59.5 Å². The number of piperidine rings is 1. The maximum atomic E-state index is 13.0. The molecule has 142 valence electrons. The number of aryl methyl sites for hydroxylation is 2. The van der Waals surface area contributed by atoms with Crippen LogP contribution in [-0.4, -0.2) is 41.8 Å². The van der Waals surface area contributed by atoms with Crippen LogP contribution >= 0.6 is 0 Å². The number of benzene rings is 1. The monoisotopic (exact) mass is 366 g/mol. The molecule has 1 saturated heterocycles. The lowest BCUT2D eigenvalue weighted by Crippen LogP contribution is -2.42. The summed E-state index contributed by atoms with van der Waals surface area (Å²) < 4.78 is 5.22. The minimum Gasteiger partial charge on any atom is -0.497 e. The molecular formula is C22H26N2O3. The molecule has 1 aromatic carbocycles. The maximum Gasteiger partial charge on any atom is 0.222 e. The average Bonchev–Trinajstić information content (AvgIpc) is 2.72. The molecule has 1 aliphatic heterocycles. The zero-order valence-corrected chi connectivity index (χ0v) is 16.0. The molecule has 1 atom stereocenters. The lowest BCUT2D eigenvalue weighted by atomic mass is 9.88. The average molecular weight is 366 g/mol. The van der Waals surface area contributed by atoms with Crippen LogP contribution in [0.1, 0.15) is 40.9 Å². The van der Waals surface area contributed by atoms with E-state index in [1.807, 2.05) is 48.2 Å². The van der Waals surface area contributed by atoms with E-state index in [2.05, 4.69) is 4.98 Å². The Bertz CT molecular complexity index is 804. The largest absolute Gasteiger partial charge is 0.497 e. The lowest BCUT2D eigenvalue weighted by molar-refractivity contribution is -0.132. The van der Waals surface area contributed by atoms with E-state index in [1.54, 1.807) is 13.3 Å². The van der Waals surface area contributed by atoms with Crippen molar-refractivity contribution < 1.29 is 14.3 Å². The Morgan fingerprint density at radius 1 is 1.26 bits per heavy atom. The SMILES string of the molecule is COc1ccc(C(=O)[C@H]2CCCN(C(=O)CCc3ccccn3)C2)c(C)c1. The summed E-state index contributed by atoms with van der Waals surface area (Å²) in [5, 5.41) is 0. The molecular weight excluding hydrogens is 340 g/mol. The fourth-order valence-electron chi connectivity index (χ4n) is 3.62. The Morgan fingerprint density at radius 2 is 2.11 bits per heavy atom. The van der Waals surface area contributed by atoms with Crippen molar-refractivity contribution in [1.82, 2.24) is 9.88 Å². The first-order valence-corrected chi connectivity index (χ1v) is 9.45. The zero-order valence-electron chi connectivity index (χ0n) is 16.0. The molecule has 1 fully saturated rings. The van der Waals surface area contributed by atoms with Crippen molar-refractivity contribution in [3.8, 4) is 5.75 Å². The van der Waals surface area contributed by atoms with Gasteiger partial charge in [0.1, 0.15) is 5.75 Å². The molecule has 5 nitrogen and oxygen atoms in total. The van der Waals surface area contributed by atoms with Crippen molar-refractivity contribution in [2.75, 3.05) is 20.2 Å². The van der Waals surface area contributed by atoms with E-state index in [1.165, 1.54) is 0 Å². The summed E-state index contributed by atoms with van der Waals surface area (Å²) in [6, 6.07) is 11.3. The number of ether oxygens (including phenoxy) is 1. The molecule has 1 aliphatic rings. The van der Waals surface area contributed by atoms with Crippen LogP contribution < -0.4 is 4.74 Å². The van der Waals surface area contributed by atoms with Crippen molar-refractivity contribution in [1.29, 1.82) is 0 Å². The number of rotatable bonds is 6. The Labute approximate surface area is 160 Å². The van der Waals surface area contributed by atoms with Gasteiger partial charge in [0.15, 0.2) is 5.78 Å². The van der Waals surface area contributed by atoms with Crippen molar-refractivity contribution >= 4 is 11.7 Å². The van der Waals surface area contributed by atoms with Crippen LogP contribution in [0.3, 0.4) is 0 Å². The minimum absolute atomic E-state index is 0.101. The number of nitrogens with zero attached hydrogens (tertiary/aromatic N) is 2. The molecule has 3 rings (SSSR count). The van der Waals surface area contributed by atoms with Gasteiger partial charge in [-0.2, -0.15) is 0 Å². The third-order valence-electron chi connectivity index (χ3n) is 5.17. The molecule has 0 unspecified atom stereocenters. The van der Waals surface area contributed by atoms with Crippen LogP contribution in [-0.2, 0) is 11.2 Å². The first-order chi connectivity index (χ1) is 13.1. The number of likely N-dealkylation sites (tertiary alicyclic amines) is 1. The van der Waals surface area contributed by atoms with Crippen molar-refractivity contribution in [3.05, 3.63) is 59.4 Å². The first-order valence-electron chi connectivity index (χ1n) is 9.45. The van der Waals surface area contributed by atoms with E-state index in [0.29, 0.717) is 19.4 Å². The Morgan fingerprint density at radius 3 is 2.81 bits per heavy atom. The summed E-state index contributed by atoms with van der Waals surface area (Å²) in [6.07, 6.45) is 4.49. The van der Waals surface area contributed by atoms with E-state index in [-0.39, 0.29) is 17.6 Å². The summed E-state index contributed by atoms with van der Waals surface area (Å²) >= 11 is 0. The predicted octanol–water partition coefficient (Wildman–Crippen LogP) is 3.45. The van der Waals surface area contributed by atoms with Gasteiger partial charge in [0.2, 0.25) is 5.91 Å². The van der Waals surface area contributed by atoms with Gasteiger partial charge in [-0.25, -0.2) is 0 Å². The summed E-state index contributed by atoms with van der Waals surface area (Å²) in [4.78, 5) is 31.7. The van der Waals surface area contributed by atoms with Crippen LogP contribution in [0, 0.1) is 12.8 Å². The highest BCUT2D eigenvalue weighted by Crippen LogP contribution is 2.25. The number of pyridine rings is 1. The van der Waals surface area contributed by atoms with Crippen molar-refractivity contribution in [2.24, 2.45) is 5.92 Å². The Balaban J connectivity index is 1.61. The highest BCUT2D eigenvalue weighted by atomic mass is 16.5. The van der Waals surface area contributed by atoms with Crippen LogP contribution in [0.4, 0.5) is 0 Å². The summed E-state index contributed by atoms with van der Waals surface area (Å²) in [7, 11) is 1.62. The van der Waals surface area contributed by atoms with E-state index in [4.69, 9.17) is 4.74 Å². The number of amides is 1. The smallest absolute Gasteiger partial charge is 0.222 e. The minimum atomic E-state index is -0.135. The lowest BCUT2D eigenvalue weighted by Gasteiger charge is -2.32. The molecule has 0 spiro atoms. The number of Topliss-reactive ketones (excluding diaryl/α,β-unsaturated/α-hetero) is 1. The van der Waals surface area contributed by atoms with Gasteiger partial charge in [-0.15, -0.1) is 0 Å². The number of carbonyl (C=O) groups is 2. The molecule has 5 heteroatoms. The van der Waals surface area contributed by atoms with E-state index < -0.39 is 0 Å². The Kier molecular flexibility index (Phi) is 6.22. The summed E-state index contributed by atoms with van der Waals surface area (Å²) in [6.45, 7) is 3.16. The van der Waals surface area contributed by atoms with E-state index in [9.17, 15) is 9.59 Å². The van der Waals surface area contributed by atoms with E-state index >= 15 is 0 Å². The second-order valence-corrected chi connectivity index (χ2v) is 7.05. The molecule has 0 N–H and O–H groups in total. The van der Waals surface area contributed by atoms with Gasteiger partial charge >= 0.3 is 0 Å². The molecule has 1 aromatic heterocycles. The maximum absolute atomic E-state index is 13.0. The second kappa shape index (κ2) is 8.80. The molecule has 2 aromatic rings. The second-order valence-electron chi connectivity index (χ2n) is 7.05. The highest BCUT2D eigenvalue weighted by molar-refractivity contribution is 5.99. The summed E-state index contributed by atoms with van der Waals surface area (Å²) in [5.74, 6) is 0.839. The molecule has 0 aliphatic carbocycles. The fraction of sp³-hybridized carbons (Fsp3) is 0.409. The van der Waals surface area contributed by atoms with Gasteiger partial charge in [-0.05, 0) is 62.1 Å². The molecule has 2 heterocycles. The molecule has 0 saturated carbocycles. The first kappa shape index (κ1) is 19.1. The van der Waals surface area contributed by atoms with Crippen molar-refractivity contribution in [3.63, 3.8) is 0 Å². The van der Waals surface area contributed by atoms with Crippen LogP contribution in [0.15, 0.2) is 42.6 Å². The number of ketones is 1. The zero-order chi connectivity index (χ0) is 19.2. The summed E-state index contributed by atoms with van der Waals surface area (Å²) in [5.41, 5.74) is 2.56. The number of carbonyl (C=O) groups excluding carboxylic acids is 2.